The second-order valence-electron chi connectivity index (χ2n) is 6.45. The second kappa shape index (κ2) is 8.05. The molecule has 0 bridgehead atoms. The fraction of sp³-hybridized carbons (Fsp3) is 0.421. The first-order valence-electron chi connectivity index (χ1n) is 8.88. The number of hydrogen-bond donors (Lipinski definition) is 1. The number of pyridine rings is 2. The van der Waals surface area contributed by atoms with Crippen molar-refractivity contribution in [3.63, 3.8) is 0 Å². The predicted molar refractivity (Wildman–Crippen MR) is 107 cm³/mol. The molecular weight excluding hydrogens is 346 g/mol. The molecule has 2 amide bonds. The lowest BCUT2D eigenvalue weighted by Gasteiger charge is -2.27. The molecule has 0 aromatic carbocycles. The van der Waals surface area contributed by atoms with Gasteiger partial charge >= 0.3 is 6.03 Å². The number of rotatable bonds is 5. The normalized spacial score (nSPS) is 15.0. The maximum absolute atomic E-state index is 11.6. The van der Waals surface area contributed by atoms with E-state index in [9.17, 15) is 4.79 Å². The third-order valence-electron chi connectivity index (χ3n) is 4.75. The van der Waals surface area contributed by atoms with Gasteiger partial charge in [0.2, 0.25) is 0 Å². The maximum atomic E-state index is 11.6. The second-order valence-corrected chi connectivity index (χ2v) is 7.86. The number of nitrogens with zero attached hydrogens (tertiary/aromatic N) is 4. The molecule has 3 heterocycles. The predicted octanol–water partition coefficient (Wildman–Crippen LogP) is 3.64. The summed E-state index contributed by atoms with van der Waals surface area (Å²) in [6.07, 6.45) is 7.38. The smallest absolute Gasteiger partial charge is 0.320 e. The van der Waals surface area contributed by atoms with Crippen LogP contribution < -0.4 is 10.6 Å². The van der Waals surface area contributed by atoms with Gasteiger partial charge in [-0.3, -0.25) is 9.88 Å². The van der Waals surface area contributed by atoms with Crippen molar-refractivity contribution in [2.45, 2.75) is 32.7 Å². The number of carbonyl (C=O) groups is 1. The zero-order chi connectivity index (χ0) is 18.7. The van der Waals surface area contributed by atoms with Crippen LogP contribution in [0, 0.1) is 0 Å². The molecule has 2 N–H and O–H groups in total. The quantitative estimate of drug-likeness (QED) is 0.812. The molecule has 26 heavy (non-hydrogen) atoms. The molecule has 0 radical (unpaired) electrons. The zero-order valence-electron chi connectivity index (χ0n) is 15.5. The summed E-state index contributed by atoms with van der Waals surface area (Å²) in [7, 11) is 2.10. The largest absolute Gasteiger partial charge is 0.351 e. The van der Waals surface area contributed by atoms with Gasteiger partial charge in [-0.2, -0.15) is 0 Å². The Morgan fingerprint density at radius 2 is 2.12 bits per heavy atom. The van der Waals surface area contributed by atoms with Crippen molar-refractivity contribution in [3.05, 3.63) is 41.9 Å². The Morgan fingerprint density at radius 1 is 1.35 bits per heavy atom. The molecule has 1 aliphatic heterocycles. The van der Waals surface area contributed by atoms with E-state index in [1.54, 1.807) is 23.0 Å². The van der Waals surface area contributed by atoms with Gasteiger partial charge in [-0.25, -0.2) is 14.1 Å². The number of urea groups is 1. The fourth-order valence-corrected chi connectivity index (χ4v) is 3.96. The molecule has 0 saturated heterocycles. The highest BCUT2D eigenvalue weighted by Gasteiger charge is 2.22. The molecule has 1 aliphatic rings. The topological polar surface area (TPSA) is 75.3 Å². The molecule has 0 saturated carbocycles. The standard InChI is InChI=1S/C19H25N5OS/c1-4-26-23(3)13(2)15-9-16(11-21-10-15)17-8-14-6-5-7-24(19(20)25)18(14)22-12-17/h8-13H,4-7H2,1-3H3,(H2,20,25). The summed E-state index contributed by atoms with van der Waals surface area (Å²) in [5.41, 5.74) is 9.75. The van der Waals surface area contributed by atoms with Crippen LogP contribution >= 0.6 is 11.9 Å². The Hall–Kier alpha value is -2.12. The first-order chi connectivity index (χ1) is 12.5. The van der Waals surface area contributed by atoms with Gasteiger partial charge in [-0.05, 0) is 50.1 Å². The summed E-state index contributed by atoms with van der Waals surface area (Å²) in [5.74, 6) is 1.73. The van der Waals surface area contributed by atoms with Crippen LogP contribution in [0.25, 0.3) is 11.1 Å². The fourth-order valence-electron chi connectivity index (χ4n) is 3.21. The van der Waals surface area contributed by atoms with Gasteiger partial charge < -0.3 is 5.73 Å². The summed E-state index contributed by atoms with van der Waals surface area (Å²) >= 11 is 1.80. The lowest BCUT2D eigenvalue weighted by Crippen LogP contribution is -2.40. The highest BCUT2D eigenvalue weighted by atomic mass is 32.2. The summed E-state index contributed by atoms with van der Waals surface area (Å²) in [6, 6.07) is 4.10. The summed E-state index contributed by atoms with van der Waals surface area (Å²) < 4.78 is 2.25. The monoisotopic (exact) mass is 371 g/mol. The van der Waals surface area contributed by atoms with E-state index < -0.39 is 6.03 Å². The summed E-state index contributed by atoms with van der Waals surface area (Å²) in [5, 5.41) is 0. The van der Waals surface area contributed by atoms with Crippen LogP contribution in [0.4, 0.5) is 10.6 Å². The number of hydrogen-bond acceptors (Lipinski definition) is 5. The number of fused-ring (bicyclic) bond motifs is 1. The molecule has 7 heteroatoms. The van der Waals surface area contributed by atoms with Gasteiger partial charge in [0.1, 0.15) is 5.82 Å². The van der Waals surface area contributed by atoms with E-state index in [-0.39, 0.29) is 6.04 Å². The first-order valence-corrected chi connectivity index (χ1v) is 9.82. The number of aromatic nitrogens is 2. The number of nitrogens with two attached hydrogens (primary N) is 1. The molecular formula is C19H25N5OS. The van der Waals surface area contributed by atoms with Crippen molar-refractivity contribution in [2.24, 2.45) is 5.73 Å². The van der Waals surface area contributed by atoms with Crippen molar-refractivity contribution >= 4 is 23.8 Å². The molecule has 0 spiro atoms. The van der Waals surface area contributed by atoms with Gasteiger partial charge in [0.05, 0.1) is 0 Å². The number of aryl methyl sites for hydroxylation is 1. The van der Waals surface area contributed by atoms with E-state index in [2.05, 4.69) is 47.3 Å². The van der Waals surface area contributed by atoms with E-state index in [1.165, 1.54) is 5.56 Å². The van der Waals surface area contributed by atoms with Crippen molar-refractivity contribution in [2.75, 3.05) is 24.2 Å². The molecule has 0 fully saturated rings. The summed E-state index contributed by atoms with van der Waals surface area (Å²) in [4.78, 5) is 22.1. The average molecular weight is 372 g/mol. The lowest BCUT2D eigenvalue weighted by atomic mass is 10.00. The van der Waals surface area contributed by atoms with Gasteiger partial charge in [-0.15, -0.1) is 0 Å². The highest BCUT2D eigenvalue weighted by Crippen LogP contribution is 2.31. The van der Waals surface area contributed by atoms with Crippen LogP contribution in [0.2, 0.25) is 0 Å². The molecule has 1 unspecified atom stereocenters. The third-order valence-corrected chi connectivity index (χ3v) is 5.73. The summed E-state index contributed by atoms with van der Waals surface area (Å²) in [6.45, 7) is 4.96. The average Bonchev–Trinajstić information content (AvgIpc) is 2.66. The van der Waals surface area contributed by atoms with E-state index in [0.717, 1.165) is 35.3 Å². The molecule has 138 valence electrons. The number of amides is 2. The van der Waals surface area contributed by atoms with Crippen LogP contribution in [-0.4, -0.2) is 39.6 Å². The molecule has 2 aromatic heterocycles. The highest BCUT2D eigenvalue weighted by molar-refractivity contribution is 7.96. The van der Waals surface area contributed by atoms with E-state index in [0.29, 0.717) is 12.4 Å². The maximum Gasteiger partial charge on any atom is 0.320 e. The molecule has 3 rings (SSSR count). The van der Waals surface area contributed by atoms with E-state index in [1.807, 2.05) is 12.4 Å². The van der Waals surface area contributed by atoms with Crippen LogP contribution in [-0.2, 0) is 6.42 Å². The minimum absolute atomic E-state index is 0.267. The van der Waals surface area contributed by atoms with Crippen molar-refractivity contribution in [1.82, 2.24) is 14.3 Å². The van der Waals surface area contributed by atoms with Crippen LogP contribution in [0.5, 0.6) is 0 Å². The Balaban J connectivity index is 1.90. The van der Waals surface area contributed by atoms with Gasteiger partial charge in [0, 0.05) is 48.1 Å². The van der Waals surface area contributed by atoms with Gasteiger partial charge in [0.15, 0.2) is 0 Å². The van der Waals surface area contributed by atoms with Gasteiger partial charge in [0.25, 0.3) is 0 Å². The number of anilines is 1. The van der Waals surface area contributed by atoms with Crippen LogP contribution in [0.15, 0.2) is 30.7 Å². The van der Waals surface area contributed by atoms with Gasteiger partial charge in [-0.1, -0.05) is 18.9 Å². The Labute approximate surface area is 158 Å². The molecule has 6 nitrogen and oxygen atoms in total. The van der Waals surface area contributed by atoms with Crippen molar-refractivity contribution in [1.29, 1.82) is 0 Å². The Kier molecular flexibility index (Phi) is 5.78. The first kappa shape index (κ1) is 18.7. The molecule has 2 aromatic rings. The number of primary amides is 1. The lowest BCUT2D eigenvalue weighted by molar-refractivity contribution is 0.253. The molecule has 1 atom stereocenters. The van der Waals surface area contributed by atoms with Crippen molar-refractivity contribution < 1.29 is 4.79 Å². The van der Waals surface area contributed by atoms with E-state index in [4.69, 9.17) is 5.73 Å². The zero-order valence-corrected chi connectivity index (χ0v) is 16.3. The van der Waals surface area contributed by atoms with Crippen molar-refractivity contribution in [3.8, 4) is 11.1 Å². The third kappa shape index (κ3) is 3.83. The minimum atomic E-state index is -0.444. The van der Waals surface area contributed by atoms with E-state index >= 15 is 0 Å². The van der Waals surface area contributed by atoms with Crippen LogP contribution in [0.3, 0.4) is 0 Å². The Morgan fingerprint density at radius 3 is 2.85 bits per heavy atom. The minimum Gasteiger partial charge on any atom is -0.351 e. The molecule has 0 aliphatic carbocycles. The SMILES string of the molecule is CCSN(C)C(C)c1cncc(-c2cnc3c(c2)CCCN3C(N)=O)c1. The van der Waals surface area contributed by atoms with Crippen LogP contribution in [0.1, 0.15) is 37.4 Å². The Bertz CT molecular complexity index is 797. The number of carbonyl (C=O) groups excluding carboxylic acids is 1.